The molecule has 1 aromatic carbocycles. The number of carboxylic acid groups (broad SMARTS) is 1. The third kappa shape index (κ3) is 9.01. The first kappa shape index (κ1) is 36.6. The molecule has 2 heterocycles. The van der Waals surface area contributed by atoms with Crippen LogP contribution in [0.2, 0.25) is 0 Å². The van der Waals surface area contributed by atoms with Crippen LogP contribution >= 0.6 is 0 Å². The predicted molar refractivity (Wildman–Crippen MR) is 177 cm³/mol. The number of guanidine groups is 1. The van der Waals surface area contributed by atoms with Crippen LogP contribution in [0.15, 0.2) is 29.3 Å². The number of nitrogens with two attached hydrogens (primary N) is 3. The number of carboxylic acids is 1. The highest BCUT2D eigenvalue weighted by atomic mass is 16.4. The van der Waals surface area contributed by atoms with Crippen LogP contribution in [0.1, 0.15) is 68.9 Å². The number of nitrogens with zero attached hydrogens (tertiary/aromatic N) is 3. The number of amides is 4. The van der Waals surface area contributed by atoms with Crippen molar-refractivity contribution in [3.8, 4) is 0 Å². The number of rotatable bonds is 14. The van der Waals surface area contributed by atoms with E-state index in [1.807, 2.05) is 19.1 Å². The van der Waals surface area contributed by atoms with Gasteiger partial charge in [-0.2, -0.15) is 0 Å². The Kier molecular flexibility index (Phi) is 12.8. The van der Waals surface area contributed by atoms with Crippen molar-refractivity contribution in [3.05, 3.63) is 35.4 Å². The highest BCUT2D eigenvalue weighted by Gasteiger charge is 2.51. The smallest absolute Gasteiger partial charge is 0.326 e. The Hall–Kier alpha value is -4.24. The maximum Gasteiger partial charge on any atom is 0.326 e. The number of aliphatic hydroxyl groups is 1. The molecule has 2 saturated heterocycles. The molecule has 0 spiro atoms. The molecule has 1 saturated carbocycles. The second-order valence-corrected chi connectivity index (χ2v) is 13.2. The van der Waals surface area contributed by atoms with Crippen LogP contribution in [0.4, 0.5) is 0 Å². The minimum absolute atomic E-state index is 0.0108. The zero-order valence-electron chi connectivity index (χ0n) is 27.6. The summed E-state index contributed by atoms with van der Waals surface area (Å²) in [4.78, 5) is 73.5. The van der Waals surface area contributed by atoms with Crippen molar-refractivity contribution in [1.82, 2.24) is 20.4 Å². The number of aliphatic hydroxyl groups excluding tert-OH is 1. The van der Waals surface area contributed by atoms with Gasteiger partial charge in [0.15, 0.2) is 5.96 Å². The van der Waals surface area contributed by atoms with Crippen molar-refractivity contribution in [3.63, 3.8) is 0 Å². The van der Waals surface area contributed by atoms with Crippen LogP contribution in [0.5, 0.6) is 0 Å². The van der Waals surface area contributed by atoms with E-state index in [-0.39, 0.29) is 36.2 Å². The Morgan fingerprint density at radius 2 is 1.69 bits per heavy atom. The first-order valence-electron chi connectivity index (χ1n) is 16.8. The first-order chi connectivity index (χ1) is 22.9. The van der Waals surface area contributed by atoms with E-state index in [0.717, 1.165) is 31.2 Å². The number of hydrogen-bond acceptors (Lipinski definition) is 8. The van der Waals surface area contributed by atoms with Crippen molar-refractivity contribution < 1.29 is 34.2 Å². The summed E-state index contributed by atoms with van der Waals surface area (Å²) < 4.78 is 0. The van der Waals surface area contributed by atoms with E-state index < -0.39 is 54.6 Å². The van der Waals surface area contributed by atoms with E-state index in [1.165, 1.54) is 4.90 Å². The molecule has 3 aliphatic rings. The van der Waals surface area contributed by atoms with E-state index in [4.69, 9.17) is 17.2 Å². The van der Waals surface area contributed by atoms with Gasteiger partial charge < -0.3 is 47.8 Å². The van der Waals surface area contributed by atoms with Crippen molar-refractivity contribution in [1.29, 1.82) is 0 Å². The van der Waals surface area contributed by atoms with Crippen molar-refractivity contribution in [2.75, 3.05) is 19.7 Å². The van der Waals surface area contributed by atoms with Crippen molar-refractivity contribution >= 4 is 35.6 Å². The molecule has 10 N–H and O–H groups in total. The van der Waals surface area contributed by atoms with Gasteiger partial charge in [0, 0.05) is 25.6 Å². The van der Waals surface area contributed by atoms with Crippen LogP contribution in [0.25, 0.3) is 0 Å². The van der Waals surface area contributed by atoms with Gasteiger partial charge in [-0.1, -0.05) is 42.7 Å². The topological polar surface area (TPSA) is 247 Å². The number of likely N-dealkylation sites (tertiary alicyclic amines) is 2. The summed E-state index contributed by atoms with van der Waals surface area (Å²) in [5.41, 5.74) is 18.8. The van der Waals surface area contributed by atoms with E-state index in [2.05, 4.69) is 15.6 Å². The zero-order valence-corrected chi connectivity index (χ0v) is 27.6. The van der Waals surface area contributed by atoms with Crippen LogP contribution in [-0.4, -0.2) is 112 Å². The number of benzene rings is 1. The van der Waals surface area contributed by atoms with Crippen LogP contribution in [0.3, 0.4) is 0 Å². The average Bonchev–Trinajstić information content (AvgIpc) is 3.71. The average molecular weight is 671 g/mol. The Bertz CT molecular complexity index is 1350. The third-order valence-corrected chi connectivity index (χ3v) is 9.74. The molecular weight excluding hydrogens is 620 g/mol. The Morgan fingerprint density at radius 1 is 0.979 bits per heavy atom. The molecule has 4 amide bonds. The molecule has 2 aliphatic heterocycles. The fraction of sp³-hybridized carbons (Fsp3) is 0.636. The number of carbonyl (C=O) groups excluding carboxylic acids is 4. The molecule has 15 nitrogen and oxygen atoms in total. The number of carbonyl (C=O) groups is 5. The van der Waals surface area contributed by atoms with Crippen molar-refractivity contribution in [2.24, 2.45) is 28.1 Å². The van der Waals surface area contributed by atoms with Gasteiger partial charge in [-0.15, -0.1) is 0 Å². The zero-order chi connectivity index (χ0) is 35.0. The number of aliphatic imine (C=N–C) groups is 1. The number of aliphatic carboxylic acids is 1. The molecule has 0 radical (unpaired) electrons. The van der Waals surface area contributed by atoms with E-state index in [1.54, 1.807) is 17.0 Å². The van der Waals surface area contributed by atoms with Gasteiger partial charge in [-0.3, -0.25) is 24.2 Å². The van der Waals surface area contributed by atoms with Crippen molar-refractivity contribution in [2.45, 2.75) is 107 Å². The summed E-state index contributed by atoms with van der Waals surface area (Å²) in [5, 5.41) is 24.7. The molecule has 4 rings (SSSR count). The molecule has 7 atom stereocenters. The van der Waals surface area contributed by atoms with Crippen LogP contribution in [-0.2, 0) is 30.4 Å². The number of fused-ring (bicyclic) bond motifs is 1. The van der Waals surface area contributed by atoms with Crippen LogP contribution in [0, 0.1) is 12.8 Å². The molecular formula is C33H50N8O7. The first-order valence-corrected chi connectivity index (χ1v) is 16.8. The highest BCUT2D eigenvalue weighted by molar-refractivity contribution is 5.96. The second-order valence-electron chi connectivity index (χ2n) is 13.2. The quantitative estimate of drug-likeness (QED) is 0.0731. The summed E-state index contributed by atoms with van der Waals surface area (Å²) in [6, 6.07) is 1.86. The lowest BCUT2D eigenvalue weighted by Crippen LogP contribution is -2.59. The van der Waals surface area contributed by atoms with Gasteiger partial charge in [-0.25, -0.2) is 4.79 Å². The molecule has 1 aliphatic carbocycles. The molecule has 264 valence electrons. The van der Waals surface area contributed by atoms with E-state index in [0.29, 0.717) is 50.8 Å². The standard InChI is InChI=1S/C33H50N8O7/c1-19-10-12-20(13-11-19)16-23(32(47)48)38-28(43)24(18-42)39-29(44)26-9-5-15-40(26)31(46)27-17-21-6-2-3-8-25(21)41(27)30(45)22(34)7-4-14-37-33(35)36/h10-13,21-27,42H,2-9,14-18,34H2,1H3,(H,38,43)(H,39,44)(H,47,48)(H4,35,36,37)/t21-,22+,23-,24+,25-,26-,27-/m0/s1. The Morgan fingerprint density at radius 3 is 2.35 bits per heavy atom. The number of nitrogens with one attached hydrogen (secondary N) is 2. The van der Waals surface area contributed by atoms with E-state index >= 15 is 0 Å². The highest BCUT2D eigenvalue weighted by Crippen LogP contribution is 2.41. The van der Waals surface area contributed by atoms with Gasteiger partial charge in [-0.05, 0) is 63.4 Å². The number of hydrogen-bond donors (Lipinski definition) is 7. The fourth-order valence-electron chi connectivity index (χ4n) is 7.22. The summed E-state index contributed by atoms with van der Waals surface area (Å²) in [6.07, 6.45) is 5.85. The lowest BCUT2D eigenvalue weighted by molar-refractivity contribution is -0.149. The Balaban J connectivity index is 1.42. The lowest BCUT2D eigenvalue weighted by atomic mass is 9.84. The maximum atomic E-state index is 14.2. The van der Waals surface area contributed by atoms with Gasteiger partial charge in [0.25, 0.3) is 0 Å². The lowest BCUT2D eigenvalue weighted by Gasteiger charge is -2.37. The predicted octanol–water partition coefficient (Wildman–Crippen LogP) is -0.884. The van der Waals surface area contributed by atoms with Gasteiger partial charge in [0.2, 0.25) is 23.6 Å². The number of aryl methyl sites for hydroxylation is 1. The molecule has 1 aromatic rings. The van der Waals surface area contributed by atoms with Crippen LogP contribution < -0.4 is 27.8 Å². The summed E-state index contributed by atoms with van der Waals surface area (Å²) in [7, 11) is 0. The Labute approximate surface area is 280 Å². The molecule has 3 fully saturated rings. The molecule has 0 aromatic heterocycles. The fourth-order valence-corrected chi connectivity index (χ4v) is 7.22. The normalized spacial score (nSPS) is 23.8. The largest absolute Gasteiger partial charge is 0.480 e. The SMILES string of the molecule is Cc1ccc(C[C@H](NC(=O)[C@@H](CO)NC(=O)[C@@H]2CCCN2C(=O)[C@@H]2C[C@@H]3CCCC[C@@H]3N2C(=O)[C@H](N)CCCN=C(N)N)C(=O)O)cc1. The maximum absolute atomic E-state index is 14.2. The molecule has 48 heavy (non-hydrogen) atoms. The minimum Gasteiger partial charge on any atom is -0.480 e. The molecule has 0 unspecified atom stereocenters. The summed E-state index contributed by atoms with van der Waals surface area (Å²) in [6.45, 7) is 1.76. The summed E-state index contributed by atoms with van der Waals surface area (Å²) in [5.74, 6) is -3.27. The molecule has 0 bridgehead atoms. The third-order valence-electron chi connectivity index (χ3n) is 9.74. The minimum atomic E-state index is -1.43. The molecule has 15 heteroatoms. The second kappa shape index (κ2) is 16.7. The monoisotopic (exact) mass is 670 g/mol. The van der Waals surface area contributed by atoms with Gasteiger partial charge >= 0.3 is 5.97 Å². The summed E-state index contributed by atoms with van der Waals surface area (Å²) >= 11 is 0. The van der Waals surface area contributed by atoms with E-state index in [9.17, 15) is 34.2 Å². The van der Waals surface area contributed by atoms with Gasteiger partial charge in [0.1, 0.15) is 24.2 Å². The van der Waals surface area contributed by atoms with Gasteiger partial charge in [0.05, 0.1) is 12.6 Å².